The molecule has 7 nitrogen and oxygen atoms in total. The predicted molar refractivity (Wildman–Crippen MR) is 101 cm³/mol. The molecule has 2 aromatic carbocycles. The molecule has 1 atom stereocenters. The van der Waals surface area contributed by atoms with E-state index in [9.17, 15) is 13.2 Å². The summed E-state index contributed by atoms with van der Waals surface area (Å²) in [4.78, 5) is 12.4. The number of amides is 2. The van der Waals surface area contributed by atoms with Crippen LogP contribution >= 0.6 is 0 Å². The number of urea groups is 1. The van der Waals surface area contributed by atoms with Gasteiger partial charge in [-0.3, -0.25) is 0 Å². The average molecular weight is 390 g/mol. The molecule has 0 aliphatic carbocycles. The van der Waals surface area contributed by atoms with Gasteiger partial charge in [-0.25, -0.2) is 13.2 Å². The fourth-order valence-electron chi connectivity index (χ4n) is 2.72. The van der Waals surface area contributed by atoms with Gasteiger partial charge in [-0.2, -0.15) is 0 Å². The highest BCUT2D eigenvalue weighted by Crippen LogP contribution is 2.32. The summed E-state index contributed by atoms with van der Waals surface area (Å²) in [5, 5.41) is 5.47. The Hall–Kier alpha value is -2.74. The van der Waals surface area contributed by atoms with Gasteiger partial charge in [-0.15, -0.1) is 0 Å². The Balaban J connectivity index is 1.54. The van der Waals surface area contributed by atoms with Crippen molar-refractivity contribution in [3.8, 4) is 11.5 Å². The lowest BCUT2D eigenvalue weighted by Gasteiger charge is -2.18. The zero-order valence-electron chi connectivity index (χ0n) is 15.0. The maximum Gasteiger partial charge on any atom is 0.315 e. The Kier molecular flexibility index (Phi) is 5.85. The molecule has 0 fully saturated rings. The van der Waals surface area contributed by atoms with Crippen LogP contribution in [-0.2, 0) is 16.4 Å². The van der Waals surface area contributed by atoms with Crippen LogP contribution in [0.4, 0.5) is 4.79 Å². The van der Waals surface area contributed by atoms with Crippen LogP contribution in [0, 0.1) is 0 Å². The van der Waals surface area contributed by atoms with E-state index < -0.39 is 21.9 Å². The minimum atomic E-state index is -3.46. The molecule has 2 N–H and O–H groups in total. The van der Waals surface area contributed by atoms with Gasteiger partial charge < -0.3 is 20.1 Å². The molecule has 0 aromatic heterocycles. The van der Waals surface area contributed by atoms with Gasteiger partial charge in [0.2, 0.25) is 6.79 Å². The van der Waals surface area contributed by atoms with E-state index in [4.69, 9.17) is 9.47 Å². The van der Waals surface area contributed by atoms with Crippen molar-refractivity contribution in [2.45, 2.75) is 30.8 Å². The molecule has 0 radical (unpaired) electrons. The maximum absolute atomic E-state index is 12.5. The van der Waals surface area contributed by atoms with E-state index in [0.717, 1.165) is 5.56 Å². The van der Waals surface area contributed by atoms with E-state index in [0.29, 0.717) is 24.5 Å². The van der Waals surface area contributed by atoms with E-state index in [-0.39, 0.29) is 17.4 Å². The second kappa shape index (κ2) is 8.30. The number of fused-ring (bicyclic) bond motifs is 1. The standard InChI is InChI=1S/C19H22N2O5S/c1-2-15(12-27(23,24)16-6-4-3-5-7-16)21-19(22)20-11-14-8-9-17-18(10-14)26-13-25-17/h3-10,15H,2,11-13H2,1H3,(H2,20,21,22). The van der Waals surface area contributed by atoms with Crippen LogP contribution in [0.1, 0.15) is 18.9 Å². The van der Waals surface area contributed by atoms with Crippen LogP contribution in [0.5, 0.6) is 11.5 Å². The molecular formula is C19H22N2O5S. The molecular weight excluding hydrogens is 368 g/mol. The van der Waals surface area contributed by atoms with E-state index in [1.807, 2.05) is 13.0 Å². The SMILES string of the molecule is CCC(CS(=O)(=O)c1ccccc1)NC(=O)NCc1ccc2c(c1)OCO2. The summed E-state index contributed by atoms with van der Waals surface area (Å²) in [6.07, 6.45) is 0.503. The number of carbonyl (C=O) groups excluding carboxylic acids is 1. The first-order valence-electron chi connectivity index (χ1n) is 8.68. The monoisotopic (exact) mass is 390 g/mol. The van der Waals surface area contributed by atoms with Crippen molar-refractivity contribution in [1.82, 2.24) is 10.6 Å². The number of sulfone groups is 1. The van der Waals surface area contributed by atoms with Gasteiger partial charge in [0.1, 0.15) is 0 Å². The molecule has 27 heavy (non-hydrogen) atoms. The molecule has 1 aliphatic heterocycles. The van der Waals surface area contributed by atoms with E-state index in [1.165, 1.54) is 0 Å². The summed E-state index contributed by atoms with van der Waals surface area (Å²) in [7, 11) is -3.46. The van der Waals surface area contributed by atoms with E-state index in [1.54, 1.807) is 42.5 Å². The molecule has 1 aliphatic rings. The molecule has 144 valence electrons. The Bertz CT molecular complexity index is 900. The van der Waals surface area contributed by atoms with Crippen molar-refractivity contribution < 1.29 is 22.7 Å². The molecule has 3 rings (SSSR count). The van der Waals surface area contributed by atoms with Gasteiger partial charge in [0, 0.05) is 12.6 Å². The average Bonchev–Trinajstić information content (AvgIpc) is 3.14. The zero-order chi connectivity index (χ0) is 19.3. The molecule has 0 saturated heterocycles. The molecule has 2 aromatic rings. The molecule has 0 spiro atoms. The lowest BCUT2D eigenvalue weighted by Crippen LogP contribution is -2.44. The lowest BCUT2D eigenvalue weighted by molar-refractivity contribution is 0.174. The van der Waals surface area contributed by atoms with Crippen molar-refractivity contribution in [2.75, 3.05) is 12.5 Å². The number of benzene rings is 2. The predicted octanol–water partition coefficient (Wildman–Crippen LogP) is 2.47. The first-order valence-corrected chi connectivity index (χ1v) is 10.3. The Morgan fingerprint density at radius 1 is 1.11 bits per heavy atom. The van der Waals surface area contributed by atoms with Crippen LogP contribution in [0.3, 0.4) is 0 Å². The van der Waals surface area contributed by atoms with Gasteiger partial charge >= 0.3 is 6.03 Å². The third-order valence-electron chi connectivity index (χ3n) is 4.24. The fraction of sp³-hybridized carbons (Fsp3) is 0.316. The molecule has 2 amide bonds. The second-order valence-corrected chi connectivity index (χ2v) is 8.25. The minimum absolute atomic E-state index is 0.148. The van der Waals surface area contributed by atoms with Crippen molar-refractivity contribution in [3.63, 3.8) is 0 Å². The number of ether oxygens (including phenoxy) is 2. The van der Waals surface area contributed by atoms with Crippen molar-refractivity contribution >= 4 is 15.9 Å². The van der Waals surface area contributed by atoms with E-state index in [2.05, 4.69) is 10.6 Å². The van der Waals surface area contributed by atoms with Crippen LogP contribution in [0.15, 0.2) is 53.4 Å². The minimum Gasteiger partial charge on any atom is -0.454 e. The van der Waals surface area contributed by atoms with Crippen LogP contribution in [0.2, 0.25) is 0 Å². The van der Waals surface area contributed by atoms with Crippen LogP contribution in [0.25, 0.3) is 0 Å². The third kappa shape index (κ3) is 4.91. The van der Waals surface area contributed by atoms with Crippen molar-refractivity contribution in [3.05, 3.63) is 54.1 Å². The lowest BCUT2D eigenvalue weighted by atomic mass is 10.2. The summed E-state index contributed by atoms with van der Waals surface area (Å²) in [5.41, 5.74) is 0.861. The topological polar surface area (TPSA) is 93.7 Å². The second-order valence-electron chi connectivity index (χ2n) is 6.21. The Labute approximate surface area is 158 Å². The summed E-state index contributed by atoms with van der Waals surface area (Å²) in [6, 6.07) is 12.8. The first kappa shape index (κ1) is 19.0. The highest BCUT2D eigenvalue weighted by atomic mass is 32.2. The zero-order valence-corrected chi connectivity index (χ0v) is 15.8. The first-order chi connectivity index (χ1) is 13.0. The highest BCUT2D eigenvalue weighted by molar-refractivity contribution is 7.91. The Morgan fingerprint density at radius 3 is 2.59 bits per heavy atom. The van der Waals surface area contributed by atoms with Gasteiger partial charge in [0.05, 0.1) is 10.6 Å². The maximum atomic E-state index is 12.5. The summed E-state index contributed by atoms with van der Waals surface area (Å²) in [5.74, 6) is 1.18. The van der Waals surface area contributed by atoms with Gasteiger partial charge in [0.25, 0.3) is 0 Å². The van der Waals surface area contributed by atoms with Gasteiger partial charge in [-0.1, -0.05) is 31.2 Å². The molecule has 8 heteroatoms. The molecule has 1 heterocycles. The van der Waals surface area contributed by atoms with Crippen molar-refractivity contribution in [1.29, 1.82) is 0 Å². The Morgan fingerprint density at radius 2 is 1.85 bits per heavy atom. The fourth-order valence-corrected chi connectivity index (χ4v) is 4.33. The largest absolute Gasteiger partial charge is 0.454 e. The quantitative estimate of drug-likeness (QED) is 0.757. The molecule has 0 bridgehead atoms. The van der Waals surface area contributed by atoms with Gasteiger partial charge in [0.15, 0.2) is 21.3 Å². The summed E-state index contributed by atoms with van der Waals surface area (Å²) < 4.78 is 35.5. The van der Waals surface area contributed by atoms with E-state index >= 15 is 0 Å². The molecule has 1 unspecified atom stereocenters. The number of rotatable bonds is 7. The number of hydrogen-bond acceptors (Lipinski definition) is 5. The third-order valence-corrected chi connectivity index (χ3v) is 6.07. The normalized spacial score (nSPS) is 13.8. The van der Waals surface area contributed by atoms with Crippen molar-refractivity contribution in [2.24, 2.45) is 0 Å². The van der Waals surface area contributed by atoms with Crippen LogP contribution in [-0.4, -0.2) is 33.0 Å². The molecule has 0 saturated carbocycles. The summed E-state index contributed by atoms with van der Waals surface area (Å²) >= 11 is 0. The number of hydrogen-bond donors (Lipinski definition) is 2. The highest BCUT2D eigenvalue weighted by Gasteiger charge is 2.21. The smallest absolute Gasteiger partial charge is 0.315 e. The number of carbonyl (C=O) groups is 1. The van der Waals surface area contributed by atoms with Crippen LogP contribution < -0.4 is 20.1 Å². The summed E-state index contributed by atoms with van der Waals surface area (Å²) in [6.45, 7) is 2.33. The number of nitrogens with one attached hydrogen (secondary N) is 2. The van der Waals surface area contributed by atoms with Gasteiger partial charge in [-0.05, 0) is 36.2 Å².